The second kappa shape index (κ2) is 5.90. The second-order valence-corrected chi connectivity index (χ2v) is 5.75. The van der Waals surface area contributed by atoms with Crippen LogP contribution < -0.4 is 5.32 Å². The molecule has 2 rings (SSSR count). The topological polar surface area (TPSA) is 55.2 Å². The summed E-state index contributed by atoms with van der Waals surface area (Å²) in [6.45, 7) is 0.452. The first-order valence-electron chi connectivity index (χ1n) is 6.05. The standard InChI is InChI=1S/C12H13F3N2O2S/c13-12(14,15)10-5-9(17(18)19)1-2-11(10)16-6-8-3-4-20-7-8/h1-2,5,8,16H,3-4,6-7H2. The van der Waals surface area contributed by atoms with E-state index in [1.165, 1.54) is 0 Å². The summed E-state index contributed by atoms with van der Waals surface area (Å²) in [6, 6.07) is 2.79. The smallest absolute Gasteiger partial charge is 0.384 e. The SMILES string of the molecule is O=[N+]([O-])c1ccc(NCC2CCSC2)c(C(F)(F)F)c1. The van der Waals surface area contributed by atoms with Crippen LogP contribution in [0.2, 0.25) is 0 Å². The van der Waals surface area contributed by atoms with E-state index in [4.69, 9.17) is 0 Å². The number of thioether (sulfide) groups is 1. The summed E-state index contributed by atoms with van der Waals surface area (Å²) in [5.41, 5.74) is -1.64. The Morgan fingerprint density at radius 2 is 2.20 bits per heavy atom. The summed E-state index contributed by atoms with van der Waals surface area (Å²) in [5.74, 6) is 2.30. The number of halogens is 3. The van der Waals surface area contributed by atoms with Crippen molar-refractivity contribution in [3.63, 3.8) is 0 Å². The number of alkyl halides is 3. The summed E-state index contributed by atoms with van der Waals surface area (Å²) in [4.78, 5) is 9.75. The molecule has 1 aliphatic heterocycles. The highest BCUT2D eigenvalue weighted by Gasteiger charge is 2.35. The number of benzene rings is 1. The number of nitro groups is 1. The van der Waals surface area contributed by atoms with Gasteiger partial charge in [0.25, 0.3) is 5.69 Å². The van der Waals surface area contributed by atoms with Crippen molar-refractivity contribution >= 4 is 23.1 Å². The van der Waals surface area contributed by atoms with Gasteiger partial charge in [-0.05, 0) is 29.9 Å². The van der Waals surface area contributed by atoms with Crippen LogP contribution in [0.3, 0.4) is 0 Å². The molecule has 0 radical (unpaired) electrons. The Kier molecular flexibility index (Phi) is 4.42. The molecule has 1 fully saturated rings. The van der Waals surface area contributed by atoms with Crippen LogP contribution in [-0.4, -0.2) is 23.0 Å². The van der Waals surface area contributed by atoms with Crippen LogP contribution in [0.25, 0.3) is 0 Å². The lowest BCUT2D eigenvalue weighted by Crippen LogP contribution is -2.17. The zero-order chi connectivity index (χ0) is 14.8. The van der Waals surface area contributed by atoms with Crippen molar-refractivity contribution in [2.75, 3.05) is 23.4 Å². The molecule has 4 nitrogen and oxygen atoms in total. The lowest BCUT2D eigenvalue weighted by Gasteiger charge is -2.16. The van der Waals surface area contributed by atoms with Crippen molar-refractivity contribution in [1.82, 2.24) is 0 Å². The van der Waals surface area contributed by atoms with E-state index in [-0.39, 0.29) is 5.69 Å². The molecule has 110 valence electrons. The average Bonchev–Trinajstić information content (AvgIpc) is 2.88. The van der Waals surface area contributed by atoms with Gasteiger partial charge in [0.15, 0.2) is 0 Å². The maximum absolute atomic E-state index is 12.9. The van der Waals surface area contributed by atoms with Gasteiger partial charge in [0.2, 0.25) is 0 Å². The first-order chi connectivity index (χ1) is 9.38. The molecular formula is C12H13F3N2O2S. The molecule has 1 unspecified atom stereocenters. The first kappa shape index (κ1) is 15.0. The van der Waals surface area contributed by atoms with Gasteiger partial charge < -0.3 is 5.32 Å². The van der Waals surface area contributed by atoms with Gasteiger partial charge in [0.05, 0.1) is 10.5 Å². The minimum absolute atomic E-state index is 0.0972. The van der Waals surface area contributed by atoms with E-state index < -0.39 is 22.4 Å². The molecular weight excluding hydrogens is 293 g/mol. The molecule has 0 amide bonds. The third-order valence-corrected chi connectivity index (χ3v) is 4.36. The highest BCUT2D eigenvalue weighted by molar-refractivity contribution is 7.99. The quantitative estimate of drug-likeness (QED) is 0.679. The molecule has 0 aliphatic carbocycles. The van der Waals surface area contributed by atoms with E-state index in [0.29, 0.717) is 18.5 Å². The average molecular weight is 306 g/mol. The van der Waals surface area contributed by atoms with Crippen LogP contribution in [0.15, 0.2) is 18.2 Å². The van der Waals surface area contributed by atoms with Crippen LogP contribution in [0.1, 0.15) is 12.0 Å². The van der Waals surface area contributed by atoms with Crippen molar-refractivity contribution < 1.29 is 18.1 Å². The Morgan fingerprint density at radius 1 is 1.45 bits per heavy atom. The van der Waals surface area contributed by atoms with E-state index in [1.807, 2.05) is 0 Å². The highest BCUT2D eigenvalue weighted by atomic mass is 32.2. The van der Waals surface area contributed by atoms with Crippen molar-refractivity contribution in [3.8, 4) is 0 Å². The largest absolute Gasteiger partial charge is 0.418 e. The molecule has 1 N–H and O–H groups in total. The van der Waals surface area contributed by atoms with E-state index in [2.05, 4.69) is 5.32 Å². The summed E-state index contributed by atoms with van der Waals surface area (Å²) in [6.07, 6.45) is -3.63. The molecule has 0 spiro atoms. The fourth-order valence-corrected chi connectivity index (χ4v) is 3.32. The number of hydrogen-bond acceptors (Lipinski definition) is 4. The molecule has 1 atom stereocenters. The molecule has 1 aromatic rings. The number of non-ortho nitro benzene ring substituents is 1. The van der Waals surface area contributed by atoms with Crippen molar-refractivity contribution in [2.45, 2.75) is 12.6 Å². The van der Waals surface area contributed by atoms with Gasteiger partial charge >= 0.3 is 6.18 Å². The third kappa shape index (κ3) is 3.56. The van der Waals surface area contributed by atoms with Gasteiger partial charge in [0.1, 0.15) is 0 Å². The lowest BCUT2D eigenvalue weighted by molar-refractivity contribution is -0.385. The van der Waals surface area contributed by atoms with Crippen LogP contribution >= 0.6 is 11.8 Å². The first-order valence-corrected chi connectivity index (χ1v) is 7.20. The maximum Gasteiger partial charge on any atom is 0.418 e. The normalized spacial score (nSPS) is 19.1. The molecule has 8 heteroatoms. The summed E-state index contributed by atoms with van der Waals surface area (Å²) < 4.78 is 38.8. The molecule has 1 aromatic carbocycles. The Morgan fingerprint density at radius 3 is 2.75 bits per heavy atom. The Labute approximate surface area is 117 Å². The van der Waals surface area contributed by atoms with Gasteiger partial charge in [0, 0.05) is 24.4 Å². The summed E-state index contributed by atoms with van der Waals surface area (Å²) in [7, 11) is 0. The zero-order valence-corrected chi connectivity index (χ0v) is 11.3. The number of anilines is 1. The Bertz CT molecular complexity index is 502. The third-order valence-electron chi connectivity index (χ3n) is 3.12. The highest BCUT2D eigenvalue weighted by Crippen LogP contribution is 2.37. The fraction of sp³-hybridized carbons (Fsp3) is 0.500. The van der Waals surface area contributed by atoms with Gasteiger partial charge in [-0.15, -0.1) is 0 Å². The predicted octanol–water partition coefficient (Wildman–Crippen LogP) is 3.78. The molecule has 0 bridgehead atoms. The molecule has 1 saturated heterocycles. The van der Waals surface area contributed by atoms with Crippen molar-refractivity contribution in [3.05, 3.63) is 33.9 Å². The Hall–Kier alpha value is -1.44. The fourth-order valence-electron chi connectivity index (χ4n) is 2.03. The van der Waals surface area contributed by atoms with Crippen molar-refractivity contribution in [2.24, 2.45) is 5.92 Å². The molecule has 0 saturated carbocycles. The van der Waals surface area contributed by atoms with E-state index in [9.17, 15) is 23.3 Å². The van der Waals surface area contributed by atoms with Crippen LogP contribution in [0.5, 0.6) is 0 Å². The molecule has 0 aromatic heterocycles. The van der Waals surface area contributed by atoms with Crippen LogP contribution in [0.4, 0.5) is 24.5 Å². The zero-order valence-electron chi connectivity index (χ0n) is 10.4. The summed E-state index contributed by atoms with van der Waals surface area (Å²) >= 11 is 1.78. The maximum atomic E-state index is 12.9. The monoisotopic (exact) mass is 306 g/mol. The van der Waals surface area contributed by atoms with Gasteiger partial charge in [-0.1, -0.05) is 0 Å². The van der Waals surface area contributed by atoms with E-state index in [0.717, 1.165) is 30.1 Å². The minimum Gasteiger partial charge on any atom is -0.384 e. The number of rotatable bonds is 4. The molecule has 1 aliphatic rings. The Balaban J connectivity index is 2.19. The number of nitrogens with zero attached hydrogens (tertiary/aromatic N) is 1. The van der Waals surface area contributed by atoms with Crippen LogP contribution in [0, 0.1) is 16.0 Å². The second-order valence-electron chi connectivity index (χ2n) is 4.60. The van der Waals surface area contributed by atoms with Gasteiger partial charge in [-0.3, -0.25) is 10.1 Å². The number of hydrogen-bond donors (Lipinski definition) is 1. The van der Waals surface area contributed by atoms with E-state index >= 15 is 0 Å². The molecule has 1 heterocycles. The predicted molar refractivity (Wildman–Crippen MR) is 72.0 cm³/mol. The van der Waals surface area contributed by atoms with Crippen LogP contribution in [-0.2, 0) is 6.18 Å². The number of nitrogens with one attached hydrogen (secondary N) is 1. The van der Waals surface area contributed by atoms with Gasteiger partial charge in [-0.2, -0.15) is 24.9 Å². The summed E-state index contributed by atoms with van der Waals surface area (Å²) in [5, 5.41) is 13.3. The minimum atomic E-state index is -4.61. The lowest BCUT2D eigenvalue weighted by atomic mass is 10.1. The number of nitro benzene ring substituents is 1. The molecule has 20 heavy (non-hydrogen) atoms. The van der Waals surface area contributed by atoms with E-state index in [1.54, 1.807) is 11.8 Å². The van der Waals surface area contributed by atoms with Crippen molar-refractivity contribution in [1.29, 1.82) is 0 Å². The van der Waals surface area contributed by atoms with Gasteiger partial charge in [-0.25, -0.2) is 0 Å².